The molecule has 4 aromatic rings. The Labute approximate surface area is 198 Å². The normalized spacial score (nSPS) is 13.7. The third-order valence-corrected chi connectivity index (χ3v) is 5.76. The van der Waals surface area contributed by atoms with Gasteiger partial charge in [-0.15, -0.1) is 5.10 Å². The van der Waals surface area contributed by atoms with Crippen LogP contribution in [0.1, 0.15) is 40.0 Å². The van der Waals surface area contributed by atoms with Crippen molar-refractivity contribution in [2.45, 2.75) is 31.9 Å². The van der Waals surface area contributed by atoms with Gasteiger partial charge >= 0.3 is 6.18 Å². The van der Waals surface area contributed by atoms with Crippen molar-refractivity contribution in [1.29, 1.82) is 0 Å². The number of carbonyl (C=O) groups excluding carboxylic acids is 2. The highest BCUT2D eigenvalue weighted by molar-refractivity contribution is 5.97. The molecule has 0 radical (unpaired) electrons. The highest BCUT2D eigenvalue weighted by Crippen LogP contribution is 2.31. The maximum Gasteiger partial charge on any atom is 0.416 e. The van der Waals surface area contributed by atoms with E-state index in [1.165, 1.54) is 12.1 Å². The minimum atomic E-state index is -4.42. The van der Waals surface area contributed by atoms with Crippen LogP contribution < -0.4 is 4.74 Å². The number of imidazole rings is 1. The van der Waals surface area contributed by atoms with E-state index in [0.717, 1.165) is 25.0 Å². The average Bonchev–Trinajstić information content (AvgIpc) is 3.60. The smallest absolute Gasteiger partial charge is 0.416 e. The molecule has 0 spiro atoms. The number of hydrogen-bond acceptors (Lipinski definition) is 5. The molecule has 2 aromatic carbocycles. The van der Waals surface area contributed by atoms with Gasteiger partial charge in [-0.1, -0.05) is 24.3 Å². The third kappa shape index (κ3) is 5.40. The summed E-state index contributed by atoms with van der Waals surface area (Å²) in [6.45, 7) is 0. The second-order valence-corrected chi connectivity index (χ2v) is 8.55. The van der Waals surface area contributed by atoms with Crippen LogP contribution in [-0.4, -0.2) is 26.2 Å². The van der Waals surface area contributed by atoms with Crippen molar-refractivity contribution in [3.63, 3.8) is 0 Å². The summed E-state index contributed by atoms with van der Waals surface area (Å²) in [7, 11) is 0. The second kappa shape index (κ2) is 8.98. The SMILES string of the molecule is O=C(Cc1ccc(C(F)(F)F)cc1)c1cccc(Oc2ccc3nc(CC(=O)C4CC4)cn3n2)c1. The summed E-state index contributed by atoms with van der Waals surface area (Å²) in [5.41, 5.74) is 1.34. The summed E-state index contributed by atoms with van der Waals surface area (Å²) >= 11 is 0. The first-order chi connectivity index (χ1) is 16.7. The van der Waals surface area contributed by atoms with Gasteiger partial charge < -0.3 is 4.74 Å². The molecule has 1 aliphatic rings. The van der Waals surface area contributed by atoms with E-state index in [0.29, 0.717) is 28.2 Å². The molecule has 0 atom stereocenters. The maximum absolute atomic E-state index is 12.7. The zero-order valence-electron chi connectivity index (χ0n) is 18.5. The molecule has 0 N–H and O–H groups in total. The molecule has 1 aliphatic carbocycles. The van der Waals surface area contributed by atoms with Gasteiger partial charge in [-0.25, -0.2) is 9.50 Å². The van der Waals surface area contributed by atoms with Gasteiger partial charge in [0.25, 0.3) is 0 Å². The highest BCUT2D eigenvalue weighted by Gasteiger charge is 2.30. The zero-order chi connectivity index (χ0) is 24.6. The number of Topliss-reactive ketones (excluding diaryl/α,β-unsaturated/α-hetero) is 2. The summed E-state index contributed by atoms with van der Waals surface area (Å²) in [5.74, 6) is 0.781. The number of nitrogens with zero attached hydrogens (tertiary/aromatic N) is 3. The first-order valence-electron chi connectivity index (χ1n) is 11.1. The molecule has 2 aromatic heterocycles. The molecule has 1 saturated carbocycles. The Morgan fingerprint density at radius 1 is 1.00 bits per heavy atom. The van der Waals surface area contributed by atoms with Crippen molar-refractivity contribution in [2.75, 3.05) is 0 Å². The molecular weight excluding hydrogens is 459 g/mol. The van der Waals surface area contributed by atoms with Crippen LogP contribution in [0, 0.1) is 5.92 Å². The molecule has 6 nitrogen and oxygen atoms in total. The lowest BCUT2D eigenvalue weighted by molar-refractivity contribution is -0.137. The zero-order valence-corrected chi connectivity index (χ0v) is 18.5. The Kier molecular flexibility index (Phi) is 5.84. The Bertz CT molecular complexity index is 1410. The molecule has 2 heterocycles. The van der Waals surface area contributed by atoms with Gasteiger partial charge in [0.2, 0.25) is 5.88 Å². The van der Waals surface area contributed by atoms with Crippen molar-refractivity contribution in [3.05, 3.63) is 89.2 Å². The molecule has 178 valence electrons. The molecule has 9 heteroatoms. The topological polar surface area (TPSA) is 73.6 Å². The molecule has 0 saturated heterocycles. The van der Waals surface area contributed by atoms with Crippen molar-refractivity contribution < 1.29 is 27.5 Å². The Hall–Kier alpha value is -4.01. The van der Waals surface area contributed by atoms with Crippen LogP contribution in [0.25, 0.3) is 5.65 Å². The highest BCUT2D eigenvalue weighted by atomic mass is 19.4. The van der Waals surface area contributed by atoms with E-state index in [-0.39, 0.29) is 36.2 Å². The molecule has 0 bridgehead atoms. The molecule has 0 aliphatic heterocycles. The van der Waals surface area contributed by atoms with Gasteiger partial charge in [-0.05, 0) is 48.7 Å². The minimum absolute atomic E-state index is 0.0385. The molecule has 35 heavy (non-hydrogen) atoms. The van der Waals surface area contributed by atoms with Crippen LogP contribution in [0.2, 0.25) is 0 Å². The fourth-order valence-corrected chi connectivity index (χ4v) is 3.73. The first-order valence-corrected chi connectivity index (χ1v) is 11.1. The number of aromatic nitrogens is 3. The predicted molar refractivity (Wildman–Crippen MR) is 120 cm³/mol. The van der Waals surface area contributed by atoms with Crippen molar-refractivity contribution in [2.24, 2.45) is 5.92 Å². The van der Waals surface area contributed by atoms with Gasteiger partial charge in [0.1, 0.15) is 11.5 Å². The number of hydrogen-bond donors (Lipinski definition) is 0. The van der Waals surface area contributed by atoms with Gasteiger partial charge in [0.05, 0.1) is 23.9 Å². The van der Waals surface area contributed by atoms with E-state index in [1.54, 1.807) is 47.1 Å². The number of alkyl halides is 3. The van der Waals surface area contributed by atoms with Crippen LogP contribution >= 0.6 is 0 Å². The molecule has 1 fully saturated rings. The van der Waals surface area contributed by atoms with Crippen LogP contribution in [0.5, 0.6) is 11.6 Å². The van der Waals surface area contributed by atoms with E-state index >= 15 is 0 Å². The number of ether oxygens (including phenoxy) is 1. The van der Waals surface area contributed by atoms with Gasteiger partial charge in [-0.2, -0.15) is 13.2 Å². The lowest BCUT2D eigenvalue weighted by atomic mass is 10.0. The van der Waals surface area contributed by atoms with Crippen molar-refractivity contribution >= 4 is 17.2 Å². The summed E-state index contributed by atoms with van der Waals surface area (Å²) in [6, 6.07) is 14.4. The van der Waals surface area contributed by atoms with E-state index in [4.69, 9.17) is 4.74 Å². The first kappa shape index (κ1) is 22.8. The molecule has 0 amide bonds. The van der Waals surface area contributed by atoms with Crippen molar-refractivity contribution in [3.8, 4) is 11.6 Å². The minimum Gasteiger partial charge on any atom is -0.438 e. The fourth-order valence-electron chi connectivity index (χ4n) is 3.73. The van der Waals surface area contributed by atoms with Crippen LogP contribution in [0.4, 0.5) is 13.2 Å². The largest absolute Gasteiger partial charge is 0.438 e. The lowest BCUT2D eigenvalue weighted by Gasteiger charge is -2.08. The Balaban J connectivity index is 1.27. The van der Waals surface area contributed by atoms with E-state index in [9.17, 15) is 22.8 Å². The van der Waals surface area contributed by atoms with Gasteiger partial charge in [0.15, 0.2) is 11.4 Å². The predicted octanol–water partition coefficient (Wildman–Crippen LogP) is 5.49. The third-order valence-electron chi connectivity index (χ3n) is 5.76. The number of benzene rings is 2. The average molecular weight is 479 g/mol. The standard InChI is InChI=1S/C26H20F3N3O3/c27-26(28,29)19-8-4-16(5-9-19)12-22(33)18-2-1-3-21(13-18)35-25-11-10-24-30-20(15-32(24)31-25)14-23(34)17-6-7-17/h1-5,8-11,13,15,17H,6-7,12,14H2. The number of halogens is 3. The molecule has 5 rings (SSSR count). The number of ketones is 2. The van der Waals surface area contributed by atoms with Crippen LogP contribution in [0.15, 0.2) is 66.9 Å². The van der Waals surface area contributed by atoms with Gasteiger partial charge in [0, 0.05) is 24.0 Å². The van der Waals surface area contributed by atoms with E-state index < -0.39 is 11.7 Å². The summed E-state index contributed by atoms with van der Waals surface area (Å²) < 4.78 is 45.6. The number of carbonyl (C=O) groups is 2. The Morgan fingerprint density at radius 2 is 1.77 bits per heavy atom. The van der Waals surface area contributed by atoms with Crippen LogP contribution in [0.3, 0.4) is 0 Å². The maximum atomic E-state index is 12.7. The second-order valence-electron chi connectivity index (χ2n) is 8.55. The van der Waals surface area contributed by atoms with E-state index in [2.05, 4.69) is 10.1 Å². The monoisotopic (exact) mass is 479 g/mol. The summed E-state index contributed by atoms with van der Waals surface area (Å²) in [6.07, 6.45) is -0.566. The number of fused-ring (bicyclic) bond motifs is 1. The van der Waals surface area contributed by atoms with Crippen LogP contribution in [-0.2, 0) is 23.8 Å². The molecular formula is C26H20F3N3O3. The number of rotatable bonds is 8. The fraction of sp³-hybridized carbons (Fsp3) is 0.231. The summed E-state index contributed by atoms with van der Waals surface area (Å²) in [5, 5.41) is 4.37. The Morgan fingerprint density at radius 3 is 2.49 bits per heavy atom. The van der Waals surface area contributed by atoms with Gasteiger partial charge in [-0.3, -0.25) is 9.59 Å². The van der Waals surface area contributed by atoms with E-state index in [1.807, 2.05) is 0 Å². The summed E-state index contributed by atoms with van der Waals surface area (Å²) in [4.78, 5) is 29.2. The lowest BCUT2D eigenvalue weighted by Crippen LogP contribution is -2.07. The van der Waals surface area contributed by atoms with Crippen molar-refractivity contribution in [1.82, 2.24) is 14.6 Å². The molecule has 0 unspecified atom stereocenters. The quantitative estimate of drug-likeness (QED) is 0.313.